The molecule has 1 aromatic carbocycles. The molecule has 0 aromatic heterocycles. The van der Waals surface area contributed by atoms with Gasteiger partial charge in [0.2, 0.25) is 5.91 Å². The van der Waals surface area contributed by atoms with Gasteiger partial charge in [-0.25, -0.2) is 8.42 Å². The minimum absolute atomic E-state index is 0.0960. The van der Waals surface area contributed by atoms with E-state index in [0.717, 1.165) is 5.56 Å². The maximum Gasteiger partial charge on any atom is 0.255 e. The second-order valence-electron chi connectivity index (χ2n) is 6.85. The van der Waals surface area contributed by atoms with E-state index in [-0.39, 0.29) is 29.2 Å². The van der Waals surface area contributed by atoms with Crippen LogP contribution >= 0.6 is 0 Å². The van der Waals surface area contributed by atoms with E-state index in [4.69, 9.17) is 0 Å². The molecule has 1 saturated heterocycles. The second-order valence-corrected chi connectivity index (χ2v) is 9.16. The summed E-state index contributed by atoms with van der Waals surface area (Å²) < 4.78 is 23.0. The van der Waals surface area contributed by atoms with Crippen molar-refractivity contribution in [3.8, 4) is 0 Å². The van der Waals surface area contributed by atoms with Crippen LogP contribution in [0.1, 0.15) is 42.1 Å². The lowest BCUT2D eigenvalue weighted by Crippen LogP contribution is -2.48. The fourth-order valence-corrected chi connectivity index (χ4v) is 5.17. The zero-order chi connectivity index (χ0) is 18.0. The molecule has 0 aliphatic carbocycles. The van der Waals surface area contributed by atoms with Gasteiger partial charge < -0.3 is 10.2 Å². The molecule has 0 saturated carbocycles. The Morgan fingerprint density at radius 1 is 1.28 bits per heavy atom. The number of nitrogens with one attached hydrogen (secondary N) is 1. The third-order valence-electron chi connectivity index (χ3n) is 5.15. The molecule has 25 heavy (non-hydrogen) atoms. The van der Waals surface area contributed by atoms with Crippen LogP contribution in [0.15, 0.2) is 24.3 Å². The van der Waals surface area contributed by atoms with Crippen molar-refractivity contribution < 1.29 is 18.0 Å². The minimum Gasteiger partial charge on any atom is -0.354 e. The van der Waals surface area contributed by atoms with Crippen LogP contribution in [0.2, 0.25) is 0 Å². The molecule has 2 aliphatic rings. The Balaban J connectivity index is 1.58. The SMILES string of the molecule is CC[C@H](C(=O)NCC1CCS(=O)(=O)CC1)N1Cc2ccccc2C1=O. The fraction of sp³-hybridized carbons (Fsp3) is 0.556. The summed E-state index contributed by atoms with van der Waals surface area (Å²) in [5.74, 6) is 0.338. The van der Waals surface area contributed by atoms with E-state index in [1.165, 1.54) is 0 Å². The predicted octanol–water partition coefficient (Wildman–Crippen LogP) is 1.36. The van der Waals surface area contributed by atoms with Crippen molar-refractivity contribution in [2.45, 2.75) is 38.8 Å². The standard InChI is InChI=1S/C18H24N2O4S/c1-2-16(20-12-14-5-3-4-6-15(14)18(20)22)17(21)19-11-13-7-9-25(23,24)10-8-13/h3-6,13,16H,2,7-12H2,1H3,(H,19,21)/t16-/m1/s1. The summed E-state index contributed by atoms with van der Waals surface area (Å²) in [5.41, 5.74) is 1.63. The third-order valence-corrected chi connectivity index (χ3v) is 6.87. The zero-order valence-electron chi connectivity index (χ0n) is 14.4. The highest BCUT2D eigenvalue weighted by Gasteiger charge is 2.35. The number of nitrogens with zero attached hydrogens (tertiary/aromatic N) is 1. The molecule has 0 spiro atoms. The first-order valence-electron chi connectivity index (χ1n) is 8.78. The van der Waals surface area contributed by atoms with Gasteiger partial charge >= 0.3 is 0 Å². The Labute approximate surface area is 148 Å². The van der Waals surface area contributed by atoms with Crippen LogP contribution in [0.3, 0.4) is 0 Å². The first-order chi connectivity index (χ1) is 11.9. The summed E-state index contributed by atoms with van der Waals surface area (Å²) in [4.78, 5) is 26.8. The Hall–Kier alpha value is -1.89. The molecule has 1 atom stereocenters. The van der Waals surface area contributed by atoms with E-state index < -0.39 is 15.9 Å². The van der Waals surface area contributed by atoms with Crippen molar-refractivity contribution in [2.75, 3.05) is 18.1 Å². The maximum atomic E-state index is 12.6. The highest BCUT2D eigenvalue weighted by Crippen LogP contribution is 2.25. The molecule has 1 aromatic rings. The smallest absolute Gasteiger partial charge is 0.255 e. The maximum absolute atomic E-state index is 12.6. The normalized spacial score (nSPS) is 21.0. The molecule has 0 bridgehead atoms. The van der Waals surface area contributed by atoms with Gasteiger partial charge in [0.25, 0.3) is 5.91 Å². The van der Waals surface area contributed by atoms with E-state index in [1.54, 1.807) is 11.0 Å². The van der Waals surface area contributed by atoms with E-state index in [9.17, 15) is 18.0 Å². The lowest BCUT2D eigenvalue weighted by Gasteiger charge is -2.27. The summed E-state index contributed by atoms with van der Waals surface area (Å²) in [7, 11) is -2.89. The monoisotopic (exact) mass is 364 g/mol. The summed E-state index contributed by atoms with van der Waals surface area (Å²) in [6.45, 7) is 2.83. The van der Waals surface area contributed by atoms with Crippen LogP contribution in [-0.4, -0.2) is 49.2 Å². The molecule has 2 aliphatic heterocycles. The Morgan fingerprint density at radius 2 is 1.96 bits per heavy atom. The minimum atomic E-state index is -2.89. The molecule has 136 valence electrons. The van der Waals surface area contributed by atoms with Crippen molar-refractivity contribution >= 4 is 21.7 Å². The molecule has 6 nitrogen and oxygen atoms in total. The van der Waals surface area contributed by atoms with Crippen LogP contribution in [0.25, 0.3) is 0 Å². The Bertz CT molecular complexity index is 761. The average Bonchev–Trinajstić information content (AvgIpc) is 2.92. The molecular weight excluding hydrogens is 340 g/mol. The van der Waals surface area contributed by atoms with Crippen LogP contribution in [-0.2, 0) is 21.2 Å². The summed E-state index contributed by atoms with van der Waals surface area (Å²) in [6.07, 6.45) is 1.73. The largest absolute Gasteiger partial charge is 0.354 e. The molecule has 3 rings (SSSR count). The summed E-state index contributed by atoms with van der Waals surface area (Å²) in [5, 5.41) is 2.93. The molecule has 1 fully saturated rings. The number of fused-ring (bicyclic) bond motifs is 1. The number of benzene rings is 1. The van der Waals surface area contributed by atoms with E-state index in [0.29, 0.717) is 37.9 Å². The highest BCUT2D eigenvalue weighted by molar-refractivity contribution is 7.91. The van der Waals surface area contributed by atoms with Crippen LogP contribution in [0.5, 0.6) is 0 Å². The van der Waals surface area contributed by atoms with Crippen molar-refractivity contribution in [3.05, 3.63) is 35.4 Å². The summed E-state index contributed by atoms with van der Waals surface area (Å²) >= 11 is 0. The quantitative estimate of drug-likeness (QED) is 0.855. The van der Waals surface area contributed by atoms with Gasteiger partial charge in [-0.3, -0.25) is 9.59 Å². The molecule has 2 amide bonds. The van der Waals surface area contributed by atoms with Crippen LogP contribution in [0, 0.1) is 5.92 Å². The number of carbonyl (C=O) groups excluding carboxylic acids is 2. The molecule has 0 radical (unpaired) electrons. The number of hydrogen-bond donors (Lipinski definition) is 1. The van der Waals surface area contributed by atoms with E-state index in [1.807, 2.05) is 25.1 Å². The van der Waals surface area contributed by atoms with Gasteiger partial charge in [-0.2, -0.15) is 0 Å². The highest BCUT2D eigenvalue weighted by atomic mass is 32.2. The number of amides is 2. The van der Waals surface area contributed by atoms with Crippen molar-refractivity contribution in [1.82, 2.24) is 10.2 Å². The van der Waals surface area contributed by atoms with Gasteiger partial charge in [0, 0.05) is 18.7 Å². The molecule has 1 N–H and O–H groups in total. The first kappa shape index (κ1) is 17.9. The van der Waals surface area contributed by atoms with E-state index in [2.05, 4.69) is 5.32 Å². The number of sulfone groups is 1. The molecule has 0 unspecified atom stereocenters. The lowest BCUT2D eigenvalue weighted by molar-refractivity contribution is -0.126. The van der Waals surface area contributed by atoms with Crippen LogP contribution < -0.4 is 5.32 Å². The number of carbonyl (C=O) groups is 2. The molecule has 2 heterocycles. The zero-order valence-corrected chi connectivity index (χ0v) is 15.2. The van der Waals surface area contributed by atoms with Crippen molar-refractivity contribution in [2.24, 2.45) is 5.92 Å². The second kappa shape index (κ2) is 7.15. The molecular formula is C18H24N2O4S. The van der Waals surface area contributed by atoms with Gasteiger partial charge in [0.1, 0.15) is 15.9 Å². The molecule has 7 heteroatoms. The van der Waals surface area contributed by atoms with Gasteiger partial charge in [0.05, 0.1) is 11.5 Å². The Kier molecular flexibility index (Phi) is 5.13. The van der Waals surface area contributed by atoms with E-state index >= 15 is 0 Å². The van der Waals surface area contributed by atoms with Gasteiger partial charge in [0.15, 0.2) is 0 Å². The number of hydrogen-bond acceptors (Lipinski definition) is 4. The third kappa shape index (κ3) is 3.86. The summed E-state index contributed by atoms with van der Waals surface area (Å²) in [6, 6.07) is 6.95. The van der Waals surface area contributed by atoms with Gasteiger partial charge in [-0.15, -0.1) is 0 Å². The topological polar surface area (TPSA) is 83.6 Å². The van der Waals surface area contributed by atoms with Crippen LogP contribution in [0.4, 0.5) is 0 Å². The lowest BCUT2D eigenvalue weighted by atomic mass is 10.0. The van der Waals surface area contributed by atoms with Gasteiger partial charge in [-0.05, 0) is 36.8 Å². The Morgan fingerprint density at radius 3 is 2.60 bits per heavy atom. The average molecular weight is 364 g/mol. The predicted molar refractivity (Wildman–Crippen MR) is 94.8 cm³/mol. The van der Waals surface area contributed by atoms with Crippen molar-refractivity contribution in [3.63, 3.8) is 0 Å². The number of rotatable bonds is 5. The fourth-order valence-electron chi connectivity index (χ4n) is 3.58. The first-order valence-corrected chi connectivity index (χ1v) is 10.6. The van der Waals surface area contributed by atoms with Gasteiger partial charge in [-0.1, -0.05) is 25.1 Å². The van der Waals surface area contributed by atoms with Crippen molar-refractivity contribution in [1.29, 1.82) is 0 Å².